The van der Waals surface area contributed by atoms with Crippen LogP contribution in [0.2, 0.25) is 0 Å². The maximum absolute atomic E-state index is 12.5. The molecule has 0 unspecified atom stereocenters. The summed E-state index contributed by atoms with van der Waals surface area (Å²) in [5.41, 5.74) is 0.692. The molecule has 0 atom stereocenters. The van der Waals surface area contributed by atoms with E-state index in [9.17, 15) is 4.79 Å². The lowest BCUT2D eigenvalue weighted by Crippen LogP contribution is -2.49. The van der Waals surface area contributed by atoms with Gasteiger partial charge >= 0.3 is 0 Å². The minimum atomic E-state index is 0.00673. The lowest BCUT2D eigenvalue weighted by Gasteiger charge is -2.34. The average Bonchev–Trinajstić information content (AvgIpc) is 3.33. The molecule has 4 rings (SSSR count). The van der Waals surface area contributed by atoms with Gasteiger partial charge in [0.25, 0.3) is 5.91 Å². The Bertz CT molecular complexity index is 852. The first-order valence-electron chi connectivity index (χ1n) is 7.89. The number of anilines is 1. The van der Waals surface area contributed by atoms with Gasteiger partial charge in [-0.2, -0.15) is 5.10 Å². The highest BCUT2D eigenvalue weighted by molar-refractivity contribution is 7.07. The SMILES string of the molecule is Cc1nnsc1C(=O)N1CCN(c2ccc(-n3cccn3)nn2)CC1. The molecule has 128 valence electrons. The molecule has 1 saturated heterocycles. The third kappa shape index (κ3) is 3.07. The summed E-state index contributed by atoms with van der Waals surface area (Å²) in [6.07, 6.45) is 3.52. The molecule has 1 aliphatic rings. The Kier molecular flexibility index (Phi) is 4.10. The monoisotopic (exact) mass is 356 g/mol. The molecular weight excluding hydrogens is 340 g/mol. The second-order valence-corrected chi connectivity index (χ2v) is 6.42. The fourth-order valence-corrected chi connectivity index (χ4v) is 3.35. The average molecular weight is 356 g/mol. The number of rotatable bonds is 3. The quantitative estimate of drug-likeness (QED) is 0.685. The van der Waals surface area contributed by atoms with E-state index in [1.54, 1.807) is 10.9 Å². The molecule has 4 heterocycles. The maximum Gasteiger partial charge on any atom is 0.267 e. The second-order valence-electron chi connectivity index (χ2n) is 5.67. The Balaban J connectivity index is 1.40. The Labute approximate surface area is 148 Å². The van der Waals surface area contributed by atoms with Crippen LogP contribution >= 0.6 is 11.5 Å². The van der Waals surface area contributed by atoms with Crippen molar-refractivity contribution in [1.82, 2.24) is 34.5 Å². The molecule has 0 aliphatic carbocycles. The number of piperazine rings is 1. The number of carbonyl (C=O) groups is 1. The van der Waals surface area contributed by atoms with Crippen LogP contribution in [0.5, 0.6) is 0 Å². The van der Waals surface area contributed by atoms with Gasteiger partial charge in [0.05, 0.1) is 5.69 Å². The Morgan fingerprint density at radius 2 is 1.84 bits per heavy atom. The molecule has 3 aromatic rings. The second kappa shape index (κ2) is 6.55. The summed E-state index contributed by atoms with van der Waals surface area (Å²) in [6, 6.07) is 5.66. The molecule has 0 bridgehead atoms. The van der Waals surface area contributed by atoms with E-state index in [0.29, 0.717) is 42.6 Å². The predicted molar refractivity (Wildman–Crippen MR) is 91.9 cm³/mol. The minimum absolute atomic E-state index is 0.00673. The fraction of sp³-hybridized carbons (Fsp3) is 0.333. The highest BCUT2D eigenvalue weighted by atomic mass is 32.1. The topological polar surface area (TPSA) is 92.9 Å². The largest absolute Gasteiger partial charge is 0.352 e. The van der Waals surface area contributed by atoms with Crippen molar-refractivity contribution in [3.05, 3.63) is 41.2 Å². The molecule has 0 radical (unpaired) electrons. The van der Waals surface area contributed by atoms with Crippen LogP contribution in [0.15, 0.2) is 30.6 Å². The standard InChI is InChI=1S/C15H16N8OS/c1-11-14(25-20-17-11)15(24)22-9-7-21(8-10-22)12-3-4-13(19-18-12)23-6-2-5-16-23/h2-6H,7-10H2,1H3. The molecule has 1 fully saturated rings. The smallest absolute Gasteiger partial charge is 0.267 e. The summed E-state index contributed by atoms with van der Waals surface area (Å²) in [6.45, 7) is 4.51. The molecule has 0 saturated carbocycles. The summed E-state index contributed by atoms with van der Waals surface area (Å²) in [5, 5.41) is 16.5. The minimum Gasteiger partial charge on any atom is -0.352 e. The van der Waals surface area contributed by atoms with Gasteiger partial charge in [-0.1, -0.05) is 4.49 Å². The molecule has 0 N–H and O–H groups in total. The van der Waals surface area contributed by atoms with Gasteiger partial charge in [0.15, 0.2) is 11.6 Å². The molecule has 25 heavy (non-hydrogen) atoms. The van der Waals surface area contributed by atoms with Crippen LogP contribution in [0.1, 0.15) is 15.4 Å². The third-order valence-electron chi connectivity index (χ3n) is 4.11. The Hall–Kier alpha value is -2.88. The van der Waals surface area contributed by atoms with E-state index >= 15 is 0 Å². The molecule has 3 aromatic heterocycles. The number of nitrogens with zero attached hydrogens (tertiary/aromatic N) is 8. The van der Waals surface area contributed by atoms with Crippen LogP contribution in [0.25, 0.3) is 5.82 Å². The maximum atomic E-state index is 12.5. The molecule has 9 nitrogen and oxygen atoms in total. The van der Waals surface area contributed by atoms with Gasteiger partial charge in [-0.05, 0) is 36.7 Å². The molecule has 1 aliphatic heterocycles. The van der Waals surface area contributed by atoms with Crippen molar-refractivity contribution in [1.29, 1.82) is 0 Å². The molecular formula is C15H16N8OS. The van der Waals surface area contributed by atoms with Crippen molar-refractivity contribution in [3.63, 3.8) is 0 Å². The summed E-state index contributed by atoms with van der Waals surface area (Å²) >= 11 is 1.15. The van der Waals surface area contributed by atoms with Gasteiger partial charge in [-0.3, -0.25) is 4.79 Å². The number of amides is 1. The van der Waals surface area contributed by atoms with E-state index in [-0.39, 0.29) is 5.91 Å². The number of hydrogen-bond acceptors (Lipinski definition) is 8. The van der Waals surface area contributed by atoms with Crippen LogP contribution in [0.3, 0.4) is 0 Å². The molecule has 10 heteroatoms. The van der Waals surface area contributed by atoms with Crippen LogP contribution in [0, 0.1) is 6.92 Å². The van der Waals surface area contributed by atoms with Gasteiger partial charge in [-0.15, -0.1) is 15.3 Å². The highest BCUT2D eigenvalue weighted by Gasteiger charge is 2.25. The highest BCUT2D eigenvalue weighted by Crippen LogP contribution is 2.17. The van der Waals surface area contributed by atoms with E-state index in [0.717, 1.165) is 17.4 Å². The number of carbonyl (C=O) groups excluding carboxylic acids is 1. The lowest BCUT2D eigenvalue weighted by atomic mass is 10.2. The first-order chi connectivity index (χ1) is 12.2. The van der Waals surface area contributed by atoms with Crippen LogP contribution in [0.4, 0.5) is 5.82 Å². The van der Waals surface area contributed by atoms with Gasteiger partial charge in [0, 0.05) is 38.6 Å². The van der Waals surface area contributed by atoms with Gasteiger partial charge in [0.2, 0.25) is 0 Å². The number of aryl methyl sites for hydroxylation is 1. The van der Waals surface area contributed by atoms with Gasteiger partial charge < -0.3 is 9.80 Å². The zero-order valence-electron chi connectivity index (χ0n) is 13.6. The van der Waals surface area contributed by atoms with Crippen LogP contribution in [-0.2, 0) is 0 Å². The van der Waals surface area contributed by atoms with E-state index in [2.05, 4.69) is 29.8 Å². The first-order valence-corrected chi connectivity index (χ1v) is 8.66. The first kappa shape index (κ1) is 15.6. The zero-order chi connectivity index (χ0) is 17.2. The summed E-state index contributed by atoms with van der Waals surface area (Å²) in [5.74, 6) is 1.49. The predicted octanol–water partition coefficient (Wildman–Crippen LogP) is 0.785. The van der Waals surface area contributed by atoms with Crippen molar-refractivity contribution < 1.29 is 4.79 Å². The Morgan fingerprint density at radius 1 is 1.08 bits per heavy atom. The van der Waals surface area contributed by atoms with Gasteiger partial charge in [0.1, 0.15) is 4.88 Å². The summed E-state index contributed by atoms with van der Waals surface area (Å²) in [4.78, 5) is 17.1. The normalized spacial score (nSPS) is 14.8. The zero-order valence-corrected chi connectivity index (χ0v) is 14.4. The fourth-order valence-electron chi connectivity index (χ4n) is 2.72. The summed E-state index contributed by atoms with van der Waals surface area (Å²) < 4.78 is 5.50. The van der Waals surface area contributed by atoms with Crippen molar-refractivity contribution in [3.8, 4) is 5.82 Å². The Morgan fingerprint density at radius 3 is 2.44 bits per heavy atom. The van der Waals surface area contributed by atoms with Crippen molar-refractivity contribution in [2.45, 2.75) is 6.92 Å². The van der Waals surface area contributed by atoms with Crippen molar-refractivity contribution >= 4 is 23.3 Å². The number of aromatic nitrogens is 6. The van der Waals surface area contributed by atoms with E-state index < -0.39 is 0 Å². The molecule has 0 spiro atoms. The third-order valence-corrected chi connectivity index (χ3v) is 4.93. The van der Waals surface area contributed by atoms with E-state index in [1.807, 2.05) is 36.2 Å². The van der Waals surface area contributed by atoms with E-state index in [1.165, 1.54) is 0 Å². The number of hydrogen-bond donors (Lipinski definition) is 0. The molecule has 0 aromatic carbocycles. The summed E-state index contributed by atoms with van der Waals surface area (Å²) in [7, 11) is 0. The van der Waals surface area contributed by atoms with Gasteiger partial charge in [-0.25, -0.2) is 4.68 Å². The van der Waals surface area contributed by atoms with Crippen molar-refractivity contribution in [2.24, 2.45) is 0 Å². The lowest BCUT2D eigenvalue weighted by molar-refractivity contribution is 0.0750. The van der Waals surface area contributed by atoms with Crippen LogP contribution in [-0.4, -0.2) is 66.6 Å². The molecule has 1 amide bonds. The van der Waals surface area contributed by atoms with Crippen molar-refractivity contribution in [2.75, 3.05) is 31.1 Å². The van der Waals surface area contributed by atoms with Crippen LogP contribution < -0.4 is 4.90 Å². The van der Waals surface area contributed by atoms with E-state index in [4.69, 9.17) is 0 Å².